The summed E-state index contributed by atoms with van der Waals surface area (Å²) in [6.45, 7) is 0.981. The Morgan fingerprint density at radius 2 is 1.57 bits per heavy atom. The van der Waals surface area contributed by atoms with Gasteiger partial charge in [0.2, 0.25) is 0 Å². The van der Waals surface area contributed by atoms with E-state index in [1.807, 2.05) is 0 Å². The number of aliphatic hydroxyl groups is 1. The van der Waals surface area contributed by atoms with Crippen molar-refractivity contribution in [2.45, 2.75) is 6.10 Å². The zero-order valence-electron chi connectivity index (χ0n) is 10.8. The summed E-state index contributed by atoms with van der Waals surface area (Å²) in [6, 6.07) is 7.69. The molecule has 1 aliphatic rings. The smallest absolute Gasteiger partial charge is 0.162 e. The van der Waals surface area contributed by atoms with Crippen LogP contribution in [0.5, 0.6) is 11.5 Å². The van der Waals surface area contributed by atoms with Crippen molar-refractivity contribution in [1.82, 2.24) is 0 Å². The third kappa shape index (κ3) is 2.93. The molecule has 2 aromatic carbocycles. The normalized spacial score (nSPS) is 14.9. The Balaban J connectivity index is 2.03. The summed E-state index contributed by atoms with van der Waals surface area (Å²) in [4.78, 5) is 0. The molecule has 1 aliphatic heterocycles. The van der Waals surface area contributed by atoms with Crippen molar-refractivity contribution in [2.75, 3.05) is 13.2 Å². The Hall–Kier alpha value is -1.11. The van der Waals surface area contributed by atoms with Crippen LogP contribution >= 0.6 is 31.9 Å². The van der Waals surface area contributed by atoms with Gasteiger partial charge in [0.25, 0.3) is 0 Å². The third-order valence-corrected chi connectivity index (χ3v) is 4.59. The molecule has 0 aliphatic carbocycles. The summed E-state index contributed by atoms with van der Waals surface area (Å²) in [5, 5.41) is 10.6. The molecule has 21 heavy (non-hydrogen) atoms. The first-order valence-corrected chi connectivity index (χ1v) is 7.87. The lowest BCUT2D eigenvalue weighted by molar-refractivity contribution is 0.169. The van der Waals surface area contributed by atoms with E-state index in [1.165, 1.54) is 12.1 Å². The van der Waals surface area contributed by atoms with Gasteiger partial charge in [0.1, 0.15) is 25.1 Å². The summed E-state index contributed by atoms with van der Waals surface area (Å²) in [6.07, 6.45) is -0.912. The van der Waals surface area contributed by atoms with Crippen LogP contribution in [0.2, 0.25) is 0 Å². The van der Waals surface area contributed by atoms with Crippen LogP contribution in [0.15, 0.2) is 39.3 Å². The second-order valence-electron chi connectivity index (χ2n) is 4.59. The molecule has 1 N–H and O–H groups in total. The van der Waals surface area contributed by atoms with Gasteiger partial charge in [-0.15, -0.1) is 0 Å². The fourth-order valence-electron chi connectivity index (χ4n) is 2.18. The van der Waals surface area contributed by atoms with Gasteiger partial charge in [0.05, 0.1) is 0 Å². The predicted octanol–water partition coefficient (Wildman–Crippen LogP) is 4.20. The van der Waals surface area contributed by atoms with Crippen molar-refractivity contribution < 1.29 is 19.0 Å². The van der Waals surface area contributed by atoms with Gasteiger partial charge < -0.3 is 14.6 Å². The molecule has 0 bridgehead atoms. The molecule has 3 rings (SSSR count). The van der Waals surface area contributed by atoms with Crippen LogP contribution in [-0.4, -0.2) is 18.3 Å². The molecular weight excluding hydrogens is 407 g/mol. The maximum atomic E-state index is 13.2. The molecule has 0 saturated carbocycles. The van der Waals surface area contributed by atoms with Gasteiger partial charge in [-0.1, -0.05) is 37.9 Å². The van der Waals surface area contributed by atoms with Crippen molar-refractivity contribution in [3.05, 3.63) is 56.2 Å². The molecule has 0 spiro atoms. The van der Waals surface area contributed by atoms with E-state index in [0.29, 0.717) is 44.8 Å². The summed E-state index contributed by atoms with van der Waals surface area (Å²) in [5.74, 6) is 0.873. The van der Waals surface area contributed by atoms with Gasteiger partial charge in [-0.25, -0.2) is 4.39 Å². The minimum atomic E-state index is -0.912. The highest BCUT2D eigenvalue weighted by Gasteiger charge is 2.21. The Morgan fingerprint density at radius 3 is 2.24 bits per heavy atom. The van der Waals surface area contributed by atoms with E-state index in [1.54, 1.807) is 18.2 Å². The molecule has 0 radical (unpaired) electrons. The van der Waals surface area contributed by atoms with Crippen LogP contribution in [0.25, 0.3) is 0 Å². The van der Waals surface area contributed by atoms with Crippen molar-refractivity contribution >= 4 is 31.9 Å². The van der Waals surface area contributed by atoms with Crippen LogP contribution in [0.3, 0.4) is 0 Å². The van der Waals surface area contributed by atoms with Crippen molar-refractivity contribution in [2.24, 2.45) is 0 Å². The van der Waals surface area contributed by atoms with Crippen molar-refractivity contribution in [3.8, 4) is 11.5 Å². The minimum Gasteiger partial charge on any atom is -0.486 e. The number of halogens is 3. The highest BCUT2D eigenvalue weighted by Crippen LogP contribution is 2.40. The average molecular weight is 418 g/mol. The summed E-state index contributed by atoms with van der Waals surface area (Å²) in [7, 11) is 0. The molecule has 0 amide bonds. The van der Waals surface area contributed by atoms with Gasteiger partial charge >= 0.3 is 0 Å². The number of hydrogen-bond donors (Lipinski definition) is 1. The first kappa shape index (κ1) is 14.8. The quantitative estimate of drug-likeness (QED) is 0.795. The molecule has 6 heteroatoms. The zero-order valence-corrected chi connectivity index (χ0v) is 13.9. The van der Waals surface area contributed by atoms with Crippen molar-refractivity contribution in [1.29, 1.82) is 0 Å². The monoisotopic (exact) mass is 416 g/mol. The Kier molecular flexibility index (Phi) is 4.19. The van der Waals surface area contributed by atoms with Crippen LogP contribution in [0.4, 0.5) is 4.39 Å². The zero-order chi connectivity index (χ0) is 15.0. The molecule has 1 heterocycles. The van der Waals surface area contributed by atoms with Gasteiger partial charge in [0, 0.05) is 14.5 Å². The lowest BCUT2D eigenvalue weighted by atomic mass is 10.0. The molecule has 110 valence electrons. The first-order valence-electron chi connectivity index (χ1n) is 6.28. The number of fused-ring (bicyclic) bond motifs is 1. The molecule has 3 nitrogen and oxygen atoms in total. The number of aliphatic hydroxyl groups excluding tert-OH is 1. The first-order chi connectivity index (χ1) is 10.1. The third-order valence-electron chi connectivity index (χ3n) is 3.21. The average Bonchev–Trinajstić information content (AvgIpc) is 2.46. The fourth-order valence-corrected chi connectivity index (χ4v) is 3.29. The number of hydrogen-bond acceptors (Lipinski definition) is 3. The second kappa shape index (κ2) is 5.94. The molecule has 1 atom stereocenters. The summed E-state index contributed by atoms with van der Waals surface area (Å²) in [5.41, 5.74) is 1.21. The van der Waals surface area contributed by atoms with Gasteiger partial charge in [-0.2, -0.15) is 0 Å². The van der Waals surface area contributed by atoms with Crippen LogP contribution in [-0.2, 0) is 0 Å². The number of ether oxygens (including phenoxy) is 2. The predicted molar refractivity (Wildman–Crippen MR) is 83.3 cm³/mol. The largest absolute Gasteiger partial charge is 0.486 e. The van der Waals surface area contributed by atoms with E-state index >= 15 is 0 Å². The van der Waals surface area contributed by atoms with Gasteiger partial charge in [0.15, 0.2) is 11.5 Å². The highest BCUT2D eigenvalue weighted by atomic mass is 79.9. The Morgan fingerprint density at radius 1 is 0.952 bits per heavy atom. The Labute approximate surface area is 137 Å². The Bertz CT molecular complexity index is 691. The van der Waals surface area contributed by atoms with E-state index in [-0.39, 0.29) is 5.82 Å². The van der Waals surface area contributed by atoms with E-state index in [0.717, 1.165) is 0 Å². The topological polar surface area (TPSA) is 38.7 Å². The maximum Gasteiger partial charge on any atom is 0.162 e. The second-order valence-corrected chi connectivity index (χ2v) is 6.29. The molecule has 1 unspecified atom stereocenters. The maximum absolute atomic E-state index is 13.2. The summed E-state index contributed by atoms with van der Waals surface area (Å²) < 4.78 is 25.4. The van der Waals surface area contributed by atoms with Crippen molar-refractivity contribution in [3.63, 3.8) is 0 Å². The van der Waals surface area contributed by atoms with E-state index in [2.05, 4.69) is 31.9 Å². The van der Waals surface area contributed by atoms with E-state index in [9.17, 15) is 9.50 Å². The number of rotatable bonds is 2. The molecule has 0 fully saturated rings. The molecule has 2 aromatic rings. The standard InChI is InChI=1S/C15H11Br2FO3/c16-11-5-8(18)1-2-9(11)15(19)10-6-13-14(7-12(10)17)21-4-3-20-13/h1-2,5-7,15,19H,3-4H2. The lowest BCUT2D eigenvalue weighted by Gasteiger charge is -2.22. The highest BCUT2D eigenvalue weighted by molar-refractivity contribution is 9.10. The van der Waals surface area contributed by atoms with Gasteiger partial charge in [-0.05, 0) is 29.8 Å². The van der Waals surface area contributed by atoms with Gasteiger partial charge in [-0.3, -0.25) is 0 Å². The van der Waals surface area contributed by atoms with Crippen LogP contribution < -0.4 is 9.47 Å². The van der Waals surface area contributed by atoms with Crippen LogP contribution in [0.1, 0.15) is 17.2 Å². The molecule has 0 aromatic heterocycles. The van der Waals surface area contributed by atoms with E-state index in [4.69, 9.17) is 9.47 Å². The fraction of sp³-hybridized carbons (Fsp3) is 0.200. The molecule has 0 saturated heterocycles. The minimum absolute atomic E-state index is 0.362. The van der Waals surface area contributed by atoms with Crippen LogP contribution in [0, 0.1) is 5.82 Å². The van der Waals surface area contributed by atoms with E-state index < -0.39 is 6.10 Å². The molecular formula is C15H11Br2FO3. The summed E-state index contributed by atoms with van der Waals surface area (Å²) >= 11 is 6.70. The lowest BCUT2D eigenvalue weighted by Crippen LogP contribution is -2.16. The SMILES string of the molecule is OC(c1ccc(F)cc1Br)c1cc2c(cc1Br)OCCO2. The number of benzene rings is 2.